The molecule has 0 atom stereocenters. The zero-order valence-corrected chi connectivity index (χ0v) is 11.2. The Hall–Kier alpha value is -0.750. The van der Waals surface area contributed by atoms with Gasteiger partial charge in [0, 0.05) is 24.2 Å². The van der Waals surface area contributed by atoms with Crippen molar-refractivity contribution in [3.63, 3.8) is 0 Å². The van der Waals surface area contributed by atoms with E-state index in [4.69, 9.17) is 5.73 Å². The van der Waals surface area contributed by atoms with Crippen LogP contribution >= 0.6 is 7.14 Å². The van der Waals surface area contributed by atoms with Gasteiger partial charge in [-0.15, -0.1) is 0 Å². The summed E-state index contributed by atoms with van der Waals surface area (Å²) in [5, 5.41) is 0. The van der Waals surface area contributed by atoms with Crippen molar-refractivity contribution in [1.82, 2.24) is 0 Å². The van der Waals surface area contributed by atoms with E-state index in [1.54, 1.807) is 0 Å². The quantitative estimate of drug-likeness (QED) is 0.603. The molecule has 90 valence electrons. The van der Waals surface area contributed by atoms with Crippen molar-refractivity contribution in [2.75, 3.05) is 18.1 Å². The molecule has 16 heavy (non-hydrogen) atoms. The molecular weight excluding hydrogens is 217 g/mol. The molecule has 0 saturated carbocycles. The van der Waals surface area contributed by atoms with Crippen molar-refractivity contribution in [2.45, 2.75) is 32.9 Å². The molecule has 0 aliphatic heterocycles. The van der Waals surface area contributed by atoms with Crippen LogP contribution in [0.25, 0.3) is 0 Å². The van der Waals surface area contributed by atoms with E-state index in [9.17, 15) is 4.57 Å². The molecule has 0 bridgehead atoms. The molecule has 2 nitrogen and oxygen atoms in total. The third kappa shape index (κ3) is 4.02. The van der Waals surface area contributed by atoms with Crippen molar-refractivity contribution in [2.24, 2.45) is 0 Å². The van der Waals surface area contributed by atoms with Gasteiger partial charge < -0.3 is 10.3 Å². The van der Waals surface area contributed by atoms with E-state index in [1.807, 2.05) is 24.3 Å². The lowest BCUT2D eigenvalue weighted by molar-refractivity contribution is 0.571. The van der Waals surface area contributed by atoms with Crippen molar-refractivity contribution in [1.29, 1.82) is 0 Å². The summed E-state index contributed by atoms with van der Waals surface area (Å²) in [6, 6.07) is 7.76. The molecule has 0 heterocycles. The van der Waals surface area contributed by atoms with E-state index in [0.29, 0.717) is 0 Å². The lowest BCUT2D eigenvalue weighted by Crippen LogP contribution is -1.98. The lowest BCUT2D eigenvalue weighted by atomic mass is 10.2. The van der Waals surface area contributed by atoms with Gasteiger partial charge in [0.05, 0.1) is 7.14 Å². The third-order valence-electron chi connectivity index (χ3n) is 2.71. The van der Waals surface area contributed by atoms with Gasteiger partial charge >= 0.3 is 0 Å². The summed E-state index contributed by atoms with van der Waals surface area (Å²) in [7, 11) is -2.00. The molecule has 2 N–H and O–H groups in total. The van der Waals surface area contributed by atoms with E-state index < -0.39 is 7.14 Å². The van der Waals surface area contributed by atoms with E-state index >= 15 is 0 Å². The van der Waals surface area contributed by atoms with Crippen LogP contribution in [0.15, 0.2) is 24.3 Å². The smallest absolute Gasteiger partial charge is 0.0919 e. The first-order chi connectivity index (χ1) is 7.59. The molecule has 0 aromatic heterocycles. The fraction of sp³-hybridized carbons (Fsp3) is 0.538. The summed E-state index contributed by atoms with van der Waals surface area (Å²) in [6.45, 7) is 4.20. The van der Waals surface area contributed by atoms with Gasteiger partial charge in [-0.1, -0.05) is 26.0 Å². The van der Waals surface area contributed by atoms with Crippen molar-refractivity contribution in [3.8, 4) is 0 Å². The number of rotatable bonds is 6. The molecule has 0 spiro atoms. The number of hydrogen-bond acceptors (Lipinski definition) is 2. The standard InChI is InChI=1S/C13H22NOP/c1-3-9-16(15,10-4-2)11-12-5-7-13(14)8-6-12/h5-8H,3-4,9-11,14H2,1-2H3. The molecule has 3 heteroatoms. The number of hydrogen-bond donors (Lipinski definition) is 1. The minimum Gasteiger partial charge on any atom is -0.399 e. The number of benzene rings is 1. The maximum absolute atomic E-state index is 12.6. The maximum Gasteiger partial charge on any atom is 0.0919 e. The zero-order chi connectivity index (χ0) is 12.0. The Labute approximate surface area is 98.6 Å². The maximum atomic E-state index is 12.6. The molecule has 0 radical (unpaired) electrons. The highest BCUT2D eigenvalue weighted by Gasteiger charge is 2.20. The number of nitrogens with two attached hydrogens (primary N) is 1. The van der Waals surface area contributed by atoms with Gasteiger partial charge in [-0.2, -0.15) is 0 Å². The van der Waals surface area contributed by atoms with Crippen LogP contribution in [-0.2, 0) is 10.7 Å². The molecule has 0 unspecified atom stereocenters. The third-order valence-corrected chi connectivity index (χ3v) is 6.18. The van der Waals surface area contributed by atoms with E-state index in [-0.39, 0.29) is 0 Å². The number of nitrogen functional groups attached to an aromatic ring is 1. The molecule has 0 aliphatic rings. The minimum absolute atomic E-state index is 0.731. The largest absolute Gasteiger partial charge is 0.399 e. The zero-order valence-electron chi connectivity index (χ0n) is 10.3. The normalized spacial score (nSPS) is 11.6. The highest BCUT2D eigenvalue weighted by Crippen LogP contribution is 2.50. The topological polar surface area (TPSA) is 43.1 Å². The fourth-order valence-electron chi connectivity index (χ4n) is 2.04. The second-order valence-electron chi connectivity index (χ2n) is 4.41. The number of anilines is 1. The van der Waals surface area contributed by atoms with E-state index in [1.165, 1.54) is 0 Å². The molecule has 0 fully saturated rings. The summed E-state index contributed by atoms with van der Waals surface area (Å²) >= 11 is 0. The van der Waals surface area contributed by atoms with Crippen LogP contribution in [-0.4, -0.2) is 12.3 Å². The summed E-state index contributed by atoms with van der Waals surface area (Å²) in [6.07, 6.45) is 4.48. The molecular formula is C13H22NOP. The van der Waals surface area contributed by atoms with Crippen LogP contribution in [0.4, 0.5) is 5.69 Å². The van der Waals surface area contributed by atoms with Gasteiger partial charge in [0.2, 0.25) is 0 Å². The van der Waals surface area contributed by atoms with Crippen LogP contribution in [0.5, 0.6) is 0 Å². The van der Waals surface area contributed by atoms with Crippen LogP contribution < -0.4 is 5.73 Å². The Kier molecular flexibility index (Phi) is 5.08. The first-order valence-corrected chi connectivity index (χ1v) is 8.27. The Balaban J connectivity index is 2.75. The Morgan fingerprint density at radius 3 is 2.00 bits per heavy atom. The first-order valence-electron chi connectivity index (χ1n) is 6.01. The second kappa shape index (κ2) is 6.10. The Morgan fingerprint density at radius 1 is 1.06 bits per heavy atom. The van der Waals surface area contributed by atoms with Crippen LogP contribution in [0, 0.1) is 0 Å². The van der Waals surface area contributed by atoms with Crippen molar-refractivity contribution >= 4 is 12.8 Å². The first kappa shape index (κ1) is 13.3. The van der Waals surface area contributed by atoms with Crippen molar-refractivity contribution in [3.05, 3.63) is 29.8 Å². The average Bonchev–Trinajstić information content (AvgIpc) is 2.22. The predicted octanol–water partition coefficient (Wildman–Crippen LogP) is 3.95. The summed E-state index contributed by atoms with van der Waals surface area (Å²) in [5.74, 6) is 0. The molecule has 0 saturated heterocycles. The lowest BCUT2D eigenvalue weighted by Gasteiger charge is -2.17. The average molecular weight is 239 g/mol. The van der Waals surface area contributed by atoms with Crippen LogP contribution in [0.2, 0.25) is 0 Å². The van der Waals surface area contributed by atoms with Gasteiger partial charge in [0.25, 0.3) is 0 Å². The fourth-order valence-corrected chi connectivity index (χ4v) is 5.09. The Bertz CT molecular complexity index is 349. The summed E-state index contributed by atoms with van der Waals surface area (Å²) < 4.78 is 12.6. The molecule has 0 amide bonds. The molecule has 1 aromatic carbocycles. The van der Waals surface area contributed by atoms with Gasteiger partial charge in [-0.05, 0) is 30.5 Å². The predicted molar refractivity (Wildman–Crippen MR) is 72.5 cm³/mol. The highest BCUT2D eigenvalue weighted by molar-refractivity contribution is 7.63. The minimum atomic E-state index is -2.00. The van der Waals surface area contributed by atoms with Gasteiger partial charge in [0.15, 0.2) is 0 Å². The molecule has 0 aliphatic carbocycles. The summed E-state index contributed by atoms with van der Waals surface area (Å²) in [5.41, 5.74) is 7.56. The monoisotopic (exact) mass is 239 g/mol. The molecule has 1 aromatic rings. The second-order valence-corrected chi connectivity index (χ2v) is 7.73. The van der Waals surface area contributed by atoms with Gasteiger partial charge in [0.1, 0.15) is 0 Å². The SMILES string of the molecule is CCCP(=O)(CCC)Cc1ccc(N)cc1. The van der Waals surface area contributed by atoms with Crippen molar-refractivity contribution < 1.29 is 4.57 Å². The van der Waals surface area contributed by atoms with E-state index in [0.717, 1.165) is 42.6 Å². The summed E-state index contributed by atoms with van der Waals surface area (Å²) in [4.78, 5) is 0. The highest BCUT2D eigenvalue weighted by atomic mass is 31.2. The molecule has 1 rings (SSSR count). The Morgan fingerprint density at radius 2 is 1.56 bits per heavy atom. The van der Waals surface area contributed by atoms with Crippen LogP contribution in [0.3, 0.4) is 0 Å². The van der Waals surface area contributed by atoms with Gasteiger partial charge in [-0.3, -0.25) is 0 Å². The van der Waals surface area contributed by atoms with E-state index in [2.05, 4.69) is 13.8 Å². The van der Waals surface area contributed by atoms with Gasteiger partial charge in [-0.25, -0.2) is 0 Å². The van der Waals surface area contributed by atoms with Crippen LogP contribution in [0.1, 0.15) is 32.3 Å².